The van der Waals surface area contributed by atoms with Gasteiger partial charge < -0.3 is 9.47 Å². The number of hydrogen-bond acceptors (Lipinski definition) is 4. The van der Waals surface area contributed by atoms with Gasteiger partial charge in [-0.05, 0) is 36.3 Å². The SMILES string of the molecule is CC.Cc1ccc(OCC(C)(C)C)nc1.Cc1ccc(OCC(C)C)nc1. The number of pyridine rings is 2. The van der Waals surface area contributed by atoms with E-state index in [1.807, 2.05) is 64.4 Å². The predicted molar refractivity (Wildman–Crippen MR) is 115 cm³/mol. The Morgan fingerprint density at radius 1 is 0.815 bits per heavy atom. The van der Waals surface area contributed by atoms with Gasteiger partial charge in [0.25, 0.3) is 0 Å². The van der Waals surface area contributed by atoms with Crippen LogP contribution in [0, 0.1) is 25.2 Å². The normalized spacial score (nSPS) is 10.3. The van der Waals surface area contributed by atoms with E-state index in [1.165, 1.54) is 0 Å². The van der Waals surface area contributed by atoms with Crippen LogP contribution in [0.1, 0.15) is 59.6 Å². The summed E-state index contributed by atoms with van der Waals surface area (Å²) in [5, 5.41) is 0. The van der Waals surface area contributed by atoms with E-state index in [9.17, 15) is 0 Å². The highest BCUT2D eigenvalue weighted by Crippen LogP contribution is 2.15. The van der Waals surface area contributed by atoms with Crippen molar-refractivity contribution in [2.75, 3.05) is 13.2 Å². The highest BCUT2D eigenvalue weighted by molar-refractivity contribution is 5.16. The van der Waals surface area contributed by atoms with Gasteiger partial charge in [0.1, 0.15) is 0 Å². The molecular formula is C23H38N2O2. The first-order valence-corrected chi connectivity index (χ1v) is 9.76. The molecule has 0 bridgehead atoms. The molecule has 0 N–H and O–H groups in total. The number of aromatic nitrogens is 2. The molecular weight excluding hydrogens is 336 g/mol. The van der Waals surface area contributed by atoms with E-state index in [2.05, 4.69) is 44.6 Å². The van der Waals surface area contributed by atoms with E-state index in [0.717, 1.165) is 17.7 Å². The number of ether oxygens (including phenoxy) is 2. The summed E-state index contributed by atoms with van der Waals surface area (Å²) >= 11 is 0. The molecule has 0 aliphatic carbocycles. The average molecular weight is 375 g/mol. The summed E-state index contributed by atoms with van der Waals surface area (Å²) in [5.74, 6) is 1.97. The first kappa shape index (κ1) is 24.9. The Morgan fingerprint density at radius 2 is 1.26 bits per heavy atom. The minimum atomic E-state index is 0.187. The maximum absolute atomic E-state index is 5.51. The van der Waals surface area contributed by atoms with Crippen molar-refractivity contribution < 1.29 is 9.47 Å². The van der Waals surface area contributed by atoms with E-state index in [1.54, 1.807) is 0 Å². The lowest BCUT2D eigenvalue weighted by atomic mass is 9.99. The topological polar surface area (TPSA) is 44.2 Å². The quantitative estimate of drug-likeness (QED) is 0.619. The molecule has 152 valence electrons. The number of nitrogens with zero attached hydrogens (tertiary/aromatic N) is 2. The lowest BCUT2D eigenvalue weighted by Crippen LogP contribution is -2.17. The molecule has 2 rings (SSSR count). The largest absolute Gasteiger partial charge is 0.477 e. The van der Waals surface area contributed by atoms with Gasteiger partial charge in [0.2, 0.25) is 11.8 Å². The summed E-state index contributed by atoms with van der Waals surface area (Å²) in [6.07, 6.45) is 3.63. The van der Waals surface area contributed by atoms with Crippen LogP contribution in [-0.4, -0.2) is 23.2 Å². The van der Waals surface area contributed by atoms with Crippen molar-refractivity contribution in [1.29, 1.82) is 0 Å². The van der Waals surface area contributed by atoms with Crippen molar-refractivity contribution in [2.24, 2.45) is 11.3 Å². The van der Waals surface area contributed by atoms with Crippen LogP contribution in [-0.2, 0) is 0 Å². The lowest BCUT2D eigenvalue weighted by Gasteiger charge is -2.18. The molecule has 0 saturated heterocycles. The summed E-state index contributed by atoms with van der Waals surface area (Å²) in [5.41, 5.74) is 2.50. The molecule has 0 radical (unpaired) electrons. The lowest BCUT2D eigenvalue weighted by molar-refractivity contribution is 0.191. The van der Waals surface area contributed by atoms with Crippen molar-refractivity contribution in [2.45, 2.75) is 62.3 Å². The van der Waals surface area contributed by atoms with Crippen LogP contribution < -0.4 is 9.47 Å². The summed E-state index contributed by atoms with van der Waals surface area (Å²) < 4.78 is 10.9. The van der Waals surface area contributed by atoms with Crippen LogP contribution in [0.5, 0.6) is 11.8 Å². The standard InChI is InChI=1S/C11H17NO.C10H15NO.C2H6/c1-9-5-6-10(12-7-9)13-8-11(2,3)4;1-8(2)7-12-10-5-4-9(3)6-11-10;1-2/h5-7H,8H2,1-4H3;4-6,8H,7H2,1-3H3;1-2H3. The Kier molecular flexibility index (Phi) is 12.1. The Hall–Kier alpha value is -2.10. The number of aryl methyl sites for hydroxylation is 2. The maximum atomic E-state index is 5.51. The van der Waals surface area contributed by atoms with Gasteiger partial charge in [0, 0.05) is 24.5 Å². The van der Waals surface area contributed by atoms with Gasteiger partial charge in [-0.2, -0.15) is 0 Å². The number of hydrogen-bond donors (Lipinski definition) is 0. The Balaban J connectivity index is 0.000000460. The van der Waals surface area contributed by atoms with Gasteiger partial charge in [-0.15, -0.1) is 0 Å². The predicted octanol–water partition coefficient (Wildman–Crippen LogP) is 6.27. The molecule has 4 heteroatoms. The summed E-state index contributed by atoms with van der Waals surface area (Å²) in [6.45, 7) is 20.1. The Bertz CT molecular complexity index is 600. The Morgan fingerprint density at radius 3 is 1.59 bits per heavy atom. The van der Waals surface area contributed by atoms with Crippen LogP contribution in [0.15, 0.2) is 36.7 Å². The molecule has 2 heterocycles. The number of rotatable bonds is 5. The van der Waals surface area contributed by atoms with Gasteiger partial charge in [-0.3, -0.25) is 0 Å². The molecule has 0 unspecified atom stereocenters. The van der Waals surface area contributed by atoms with E-state index in [4.69, 9.17) is 9.47 Å². The monoisotopic (exact) mass is 374 g/mol. The van der Waals surface area contributed by atoms with E-state index < -0.39 is 0 Å². The summed E-state index contributed by atoms with van der Waals surface area (Å²) in [7, 11) is 0. The van der Waals surface area contributed by atoms with Gasteiger partial charge in [0.15, 0.2) is 0 Å². The van der Waals surface area contributed by atoms with Gasteiger partial charge in [-0.25, -0.2) is 9.97 Å². The third kappa shape index (κ3) is 13.7. The minimum absolute atomic E-state index is 0.187. The third-order valence-electron chi connectivity index (χ3n) is 2.99. The fraction of sp³-hybridized carbons (Fsp3) is 0.565. The van der Waals surface area contributed by atoms with Gasteiger partial charge in [0.05, 0.1) is 13.2 Å². The first-order chi connectivity index (χ1) is 12.7. The van der Waals surface area contributed by atoms with E-state index >= 15 is 0 Å². The summed E-state index contributed by atoms with van der Waals surface area (Å²) in [4.78, 5) is 8.29. The zero-order valence-electron chi connectivity index (χ0n) is 18.7. The zero-order valence-corrected chi connectivity index (χ0v) is 18.7. The molecule has 0 fully saturated rings. The second-order valence-corrected chi connectivity index (χ2v) is 7.90. The molecule has 2 aromatic rings. The molecule has 2 aromatic heterocycles. The van der Waals surface area contributed by atoms with Crippen molar-refractivity contribution >= 4 is 0 Å². The van der Waals surface area contributed by atoms with Crippen molar-refractivity contribution in [3.8, 4) is 11.8 Å². The van der Waals surface area contributed by atoms with Crippen LogP contribution in [0.3, 0.4) is 0 Å². The fourth-order valence-electron chi connectivity index (χ4n) is 1.62. The third-order valence-corrected chi connectivity index (χ3v) is 2.99. The van der Waals surface area contributed by atoms with Crippen molar-refractivity contribution in [3.05, 3.63) is 47.8 Å². The molecule has 0 saturated carbocycles. The molecule has 4 nitrogen and oxygen atoms in total. The van der Waals surface area contributed by atoms with Crippen molar-refractivity contribution in [3.63, 3.8) is 0 Å². The van der Waals surface area contributed by atoms with Gasteiger partial charge in [-0.1, -0.05) is 60.6 Å². The second kappa shape index (κ2) is 13.1. The molecule has 0 aliphatic heterocycles. The average Bonchev–Trinajstić information content (AvgIpc) is 2.62. The van der Waals surface area contributed by atoms with Crippen LogP contribution in [0.25, 0.3) is 0 Å². The smallest absolute Gasteiger partial charge is 0.213 e. The minimum Gasteiger partial charge on any atom is -0.477 e. The van der Waals surface area contributed by atoms with Crippen LogP contribution in [0.2, 0.25) is 0 Å². The van der Waals surface area contributed by atoms with E-state index in [-0.39, 0.29) is 5.41 Å². The maximum Gasteiger partial charge on any atom is 0.213 e. The summed E-state index contributed by atoms with van der Waals surface area (Å²) in [6, 6.07) is 7.81. The molecule has 0 aliphatic rings. The molecule has 27 heavy (non-hydrogen) atoms. The molecule has 0 aromatic carbocycles. The van der Waals surface area contributed by atoms with E-state index in [0.29, 0.717) is 24.3 Å². The Labute approximate surface area is 166 Å². The fourth-order valence-corrected chi connectivity index (χ4v) is 1.62. The molecule has 0 atom stereocenters. The second-order valence-electron chi connectivity index (χ2n) is 7.90. The van der Waals surface area contributed by atoms with Crippen LogP contribution in [0.4, 0.5) is 0 Å². The zero-order chi connectivity index (χ0) is 20.9. The first-order valence-electron chi connectivity index (χ1n) is 9.76. The molecule has 0 amide bonds. The highest BCUT2D eigenvalue weighted by atomic mass is 16.5. The molecule has 0 spiro atoms. The van der Waals surface area contributed by atoms with Gasteiger partial charge >= 0.3 is 0 Å². The highest BCUT2D eigenvalue weighted by Gasteiger charge is 2.11. The van der Waals surface area contributed by atoms with Crippen LogP contribution >= 0.6 is 0 Å². The van der Waals surface area contributed by atoms with Crippen molar-refractivity contribution in [1.82, 2.24) is 9.97 Å².